The van der Waals surface area contributed by atoms with Gasteiger partial charge in [-0.05, 0) is 62.7 Å². The van der Waals surface area contributed by atoms with Gasteiger partial charge in [-0.15, -0.1) is 0 Å². The van der Waals surface area contributed by atoms with Gasteiger partial charge in [0.1, 0.15) is 17.3 Å². The van der Waals surface area contributed by atoms with Crippen molar-refractivity contribution in [3.05, 3.63) is 52.6 Å². The second kappa shape index (κ2) is 12.8. The number of halogens is 5. The number of aromatic hydroxyl groups is 1. The van der Waals surface area contributed by atoms with Crippen LogP contribution in [0.5, 0.6) is 5.75 Å². The first-order valence-corrected chi connectivity index (χ1v) is 14.1. The predicted octanol–water partition coefficient (Wildman–Crippen LogP) is 5.18. The molecule has 1 aliphatic carbocycles. The smallest absolute Gasteiger partial charge is 0.400 e. The van der Waals surface area contributed by atoms with Crippen molar-refractivity contribution in [2.24, 2.45) is 5.41 Å². The van der Waals surface area contributed by atoms with Crippen molar-refractivity contribution in [3.63, 3.8) is 0 Å². The summed E-state index contributed by atoms with van der Waals surface area (Å²) in [4.78, 5) is 19.3. The van der Waals surface area contributed by atoms with Gasteiger partial charge in [0, 0.05) is 51.1 Å². The quantitative estimate of drug-likeness (QED) is 0.319. The molecule has 0 spiro atoms. The number of amides is 1. The Morgan fingerprint density at radius 1 is 1.23 bits per heavy atom. The number of benzene rings is 1. The average Bonchev–Trinajstić information content (AvgIpc) is 3.36. The molecule has 40 heavy (non-hydrogen) atoms. The number of phenolic OH excluding ortho intramolecular Hbond substituents is 1. The van der Waals surface area contributed by atoms with Crippen LogP contribution in [0.2, 0.25) is 5.02 Å². The zero-order valence-corrected chi connectivity index (χ0v) is 23.7. The molecule has 2 saturated heterocycles. The van der Waals surface area contributed by atoms with Crippen LogP contribution in [0.15, 0.2) is 42.0 Å². The lowest BCUT2D eigenvalue weighted by atomic mass is 9.79. The Morgan fingerprint density at radius 3 is 2.60 bits per heavy atom. The number of ether oxygens (including phenoxy) is 1. The van der Waals surface area contributed by atoms with E-state index in [0.29, 0.717) is 25.1 Å². The van der Waals surface area contributed by atoms with E-state index in [9.17, 15) is 27.5 Å². The highest BCUT2D eigenvalue weighted by atomic mass is 35.5. The molecule has 0 radical (unpaired) electrons. The first kappa shape index (κ1) is 30.8. The van der Waals surface area contributed by atoms with Crippen LogP contribution in [-0.4, -0.2) is 104 Å². The van der Waals surface area contributed by atoms with Crippen LogP contribution in [0.3, 0.4) is 0 Å². The van der Waals surface area contributed by atoms with Crippen LogP contribution in [-0.2, 0) is 9.53 Å². The van der Waals surface area contributed by atoms with Crippen molar-refractivity contribution in [1.29, 1.82) is 0 Å². The maximum atomic E-state index is 14.7. The number of morpholine rings is 1. The number of rotatable bonds is 9. The van der Waals surface area contributed by atoms with Crippen LogP contribution >= 0.6 is 11.6 Å². The van der Waals surface area contributed by atoms with Gasteiger partial charge in [0.2, 0.25) is 5.91 Å². The number of carbonyl (C=O) groups excluding carboxylic acids is 1. The van der Waals surface area contributed by atoms with Crippen molar-refractivity contribution in [3.8, 4) is 5.75 Å². The van der Waals surface area contributed by atoms with Gasteiger partial charge in [-0.1, -0.05) is 29.8 Å². The van der Waals surface area contributed by atoms with Gasteiger partial charge in [-0.25, -0.2) is 4.39 Å². The fraction of sp³-hybridized carbons (Fsp3) is 0.621. The highest BCUT2D eigenvalue weighted by Gasteiger charge is 2.55. The Labute approximate surface area is 238 Å². The van der Waals surface area contributed by atoms with Gasteiger partial charge in [0.05, 0.1) is 18.2 Å². The number of hydrogen-bond acceptors (Lipinski definition) is 5. The van der Waals surface area contributed by atoms with Crippen molar-refractivity contribution < 1.29 is 32.2 Å². The molecule has 1 N–H and O–H groups in total. The highest BCUT2D eigenvalue weighted by Crippen LogP contribution is 2.46. The van der Waals surface area contributed by atoms with E-state index in [2.05, 4.69) is 4.90 Å². The number of alkyl halides is 4. The molecule has 0 aromatic heterocycles. The molecular weight excluding hydrogens is 550 g/mol. The molecule has 3 unspecified atom stereocenters. The van der Waals surface area contributed by atoms with Crippen LogP contribution in [0.4, 0.5) is 17.6 Å². The predicted molar refractivity (Wildman–Crippen MR) is 146 cm³/mol. The number of carbonyl (C=O) groups is 1. The molecule has 4 rings (SSSR count). The Balaban J connectivity index is 1.42. The van der Waals surface area contributed by atoms with E-state index in [1.807, 2.05) is 16.8 Å². The summed E-state index contributed by atoms with van der Waals surface area (Å²) in [6, 6.07) is 4.80. The molecule has 2 aliphatic heterocycles. The minimum Gasteiger partial charge on any atom is -0.506 e. The SMILES string of the molecule is CN(CC1=CC(F)C(C)(C(F)(F)F)C=C1)C1CN(C(=O)CCCCN2CCOCC2)C[C@@H]1c1ccc(O)c(Cl)c1. The lowest BCUT2D eigenvalue weighted by Gasteiger charge is -2.35. The summed E-state index contributed by atoms with van der Waals surface area (Å²) in [6.07, 6.45) is -1.47. The lowest BCUT2D eigenvalue weighted by Crippen LogP contribution is -2.43. The monoisotopic (exact) mass is 587 g/mol. The van der Waals surface area contributed by atoms with Gasteiger partial charge in [0.25, 0.3) is 0 Å². The summed E-state index contributed by atoms with van der Waals surface area (Å²) in [5, 5.41) is 10.1. The molecule has 3 aliphatic rings. The van der Waals surface area contributed by atoms with Gasteiger partial charge >= 0.3 is 6.18 Å². The third-order valence-corrected chi connectivity index (χ3v) is 8.75. The highest BCUT2D eigenvalue weighted by molar-refractivity contribution is 6.32. The second-order valence-electron chi connectivity index (χ2n) is 11.3. The number of likely N-dealkylation sites (tertiary alicyclic amines) is 1. The van der Waals surface area contributed by atoms with Crippen LogP contribution in [0.1, 0.15) is 37.7 Å². The Kier molecular flexibility index (Phi) is 9.86. The third kappa shape index (κ3) is 7.01. The fourth-order valence-electron chi connectivity index (χ4n) is 5.66. The van der Waals surface area contributed by atoms with E-state index >= 15 is 0 Å². The first-order chi connectivity index (χ1) is 18.9. The average molecular weight is 588 g/mol. The number of nitrogens with zero attached hydrogens (tertiary/aromatic N) is 3. The minimum absolute atomic E-state index is 0.0410. The maximum absolute atomic E-state index is 14.7. The Hall–Kier alpha value is -2.14. The van der Waals surface area contributed by atoms with Gasteiger partial charge in [0.15, 0.2) is 0 Å². The molecule has 2 heterocycles. The summed E-state index contributed by atoms with van der Waals surface area (Å²) >= 11 is 6.19. The normalized spacial score (nSPS) is 27.9. The summed E-state index contributed by atoms with van der Waals surface area (Å²) in [5.74, 6) is -0.134. The van der Waals surface area contributed by atoms with E-state index in [0.717, 1.165) is 70.3 Å². The van der Waals surface area contributed by atoms with E-state index < -0.39 is 17.8 Å². The largest absolute Gasteiger partial charge is 0.506 e. The Morgan fingerprint density at radius 2 is 1.95 bits per heavy atom. The van der Waals surface area contributed by atoms with Crippen molar-refractivity contribution in [2.75, 3.05) is 59.5 Å². The number of unbranched alkanes of at least 4 members (excludes halogenated alkanes) is 1. The molecule has 0 bridgehead atoms. The third-order valence-electron chi connectivity index (χ3n) is 8.45. The van der Waals surface area contributed by atoms with Crippen LogP contribution in [0.25, 0.3) is 0 Å². The van der Waals surface area contributed by atoms with Gasteiger partial charge in [-0.3, -0.25) is 14.6 Å². The van der Waals surface area contributed by atoms with Crippen LogP contribution < -0.4 is 0 Å². The number of likely N-dealkylation sites (N-methyl/N-ethyl adjacent to an activating group) is 1. The Bertz CT molecular complexity index is 1110. The first-order valence-electron chi connectivity index (χ1n) is 13.8. The van der Waals surface area contributed by atoms with Gasteiger partial charge < -0.3 is 14.7 Å². The molecule has 222 valence electrons. The van der Waals surface area contributed by atoms with E-state index in [1.54, 1.807) is 12.1 Å². The van der Waals surface area contributed by atoms with E-state index in [-0.39, 0.29) is 35.2 Å². The molecule has 4 atom stereocenters. The summed E-state index contributed by atoms with van der Waals surface area (Å²) in [7, 11) is 1.83. The van der Waals surface area contributed by atoms with E-state index in [1.165, 1.54) is 12.1 Å². The molecule has 1 aromatic carbocycles. The minimum atomic E-state index is -4.70. The molecule has 6 nitrogen and oxygen atoms in total. The standard InChI is InChI=1S/C29H38ClF4N3O3/c1-28(29(32,33)34)9-8-20(15-26(28)31)17-35(2)24-19-37(18-22(24)21-6-7-25(38)23(30)16-21)27(39)5-3-4-10-36-11-13-40-14-12-36/h6-9,15-16,22,24,26,38H,3-5,10-14,17-19H2,1-2H3/t22-,24?,26?,28?/m1/s1. The zero-order chi connectivity index (χ0) is 29.1. The molecule has 11 heteroatoms. The number of phenols is 1. The summed E-state index contributed by atoms with van der Waals surface area (Å²) < 4.78 is 60.4. The fourth-order valence-corrected chi connectivity index (χ4v) is 5.85. The number of allylic oxidation sites excluding steroid dienone is 2. The molecule has 1 aromatic rings. The van der Waals surface area contributed by atoms with Crippen molar-refractivity contribution in [1.82, 2.24) is 14.7 Å². The van der Waals surface area contributed by atoms with Gasteiger partial charge in [-0.2, -0.15) is 13.2 Å². The van der Waals surface area contributed by atoms with Crippen LogP contribution in [0, 0.1) is 5.41 Å². The maximum Gasteiger partial charge on any atom is 0.400 e. The zero-order valence-electron chi connectivity index (χ0n) is 23.0. The van der Waals surface area contributed by atoms with E-state index in [4.69, 9.17) is 16.3 Å². The molecule has 2 fully saturated rings. The molecular formula is C29H38ClF4N3O3. The topological polar surface area (TPSA) is 56.2 Å². The van der Waals surface area contributed by atoms with Crippen molar-refractivity contribution in [2.45, 2.75) is 50.5 Å². The summed E-state index contributed by atoms with van der Waals surface area (Å²) in [6.45, 7) is 6.20. The summed E-state index contributed by atoms with van der Waals surface area (Å²) in [5.41, 5.74) is -1.26. The second-order valence-corrected chi connectivity index (χ2v) is 11.7. The molecule has 1 amide bonds. The number of hydrogen-bond donors (Lipinski definition) is 1. The molecule has 0 saturated carbocycles. The lowest BCUT2D eigenvalue weighted by molar-refractivity contribution is -0.213. The van der Waals surface area contributed by atoms with Crippen molar-refractivity contribution >= 4 is 17.5 Å².